The quantitative estimate of drug-likeness (QED) is 0.765. The molecule has 0 atom stereocenters. The van der Waals surface area contributed by atoms with E-state index >= 15 is 0 Å². The molecule has 3 heterocycles. The Bertz CT molecular complexity index is 891. The van der Waals surface area contributed by atoms with Crippen LogP contribution in [-0.2, 0) is 4.79 Å². The normalized spacial score (nSPS) is 15.9. The molecule has 28 heavy (non-hydrogen) atoms. The topological polar surface area (TPSA) is 97.0 Å². The molecule has 1 fully saturated rings. The van der Waals surface area contributed by atoms with Crippen LogP contribution in [0.2, 0.25) is 0 Å². The van der Waals surface area contributed by atoms with Crippen molar-refractivity contribution >= 4 is 29.1 Å². The minimum absolute atomic E-state index is 0.00460. The van der Waals surface area contributed by atoms with Crippen molar-refractivity contribution in [3.05, 3.63) is 46.2 Å². The summed E-state index contributed by atoms with van der Waals surface area (Å²) in [6, 6.07) is 8.47. The molecule has 3 amide bonds. The van der Waals surface area contributed by atoms with E-state index in [1.165, 1.54) is 11.3 Å². The van der Waals surface area contributed by atoms with Crippen molar-refractivity contribution in [2.24, 2.45) is 5.92 Å². The SMILES string of the molecule is O=C(NNC(=O)C1CCN(C(=O)c2cccs2)CC1)c1ccc2c(c1)OCO2. The summed E-state index contributed by atoms with van der Waals surface area (Å²) in [5, 5.41) is 1.87. The Morgan fingerprint density at radius 3 is 2.57 bits per heavy atom. The largest absolute Gasteiger partial charge is 0.454 e. The Labute approximate surface area is 165 Å². The third-order valence-corrected chi connectivity index (χ3v) is 5.68. The van der Waals surface area contributed by atoms with Crippen LogP contribution in [0.4, 0.5) is 0 Å². The maximum absolute atomic E-state index is 12.4. The summed E-state index contributed by atoms with van der Waals surface area (Å²) in [5.74, 6) is 0.162. The van der Waals surface area contributed by atoms with Gasteiger partial charge in [-0.25, -0.2) is 0 Å². The number of likely N-dealkylation sites (tertiary alicyclic amines) is 1. The molecule has 1 aromatic carbocycles. The van der Waals surface area contributed by atoms with Gasteiger partial charge in [-0.3, -0.25) is 25.2 Å². The fraction of sp³-hybridized carbons (Fsp3) is 0.316. The number of amides is 3. The molecule has 2 aromatic rings. The standard InChI is InChI=1S/C19H19N3O5S/c23-17(12-5-7-22(8-6-12)19(25)16-2-1-9-28-16)20-21-18(24)13-3-4-14-15(10-13)27-11-26-14/h1-4,9-10,12H,5-8,11H2,(H,20,23)(H,21,24). The molecule has 9 heteroatoms. The van der Waals surface area contributed by atoms with E-state index in [4.69, 9.17) is 9.47 Å². The smallest absolute Gasteiger partial charge is 0.269 e. The van der Waals surface area contributed by atoms with Crippen LogP contribution in [0.5, 0.6) is 11.5 Å². The minimum Gasteiger partial charge on any atom is -0.454 e. The van der Waals surface area contributed by atoms with Crippen LogP contribution in [-0.4, -0.2) is 42.5 Å². The van der Waals surface area contributed by atoms with Gasteiger partial charge in [0.15, 0.2) is 11.5 Å². The number of piperidine rings is 1. The average Bonchev–Trinajstić information content (AvgIpc) is 3.42. The Morgan fingerprint density at radius 2 is 1.82 bits per heavy atom. The molecular weight excluding hydrogens is 382 g/mol. The molecule has 0 radical (unpaired) electrons. The monoisotopic (exact) mass is 401 g/mol. The number of nitrogens with zero attached hydrogens (tertiary/aromatic N) is 1. The van der Waals surface area contributed by atoms with Gasteiger partial charge in [0.1, 0.15) is 0 Å². The van der Waals surface area contributed by atoms with Crippen molar-refractivity contribution in [3.63, 3.8) is 0 Å². The molecule has 0 unspecified atom stereocenters. The highest BCUT2D eigenvalue weighted by atomic mass is 32.1. The number of hydrogen-bond donors (Lipinski definition) is 2. The van der Waals surface area contributed by atoms with Crippen LogP contribution in [0.25, 0.3) is 0 Å². The molecule has 1 aromatic heterocycles. The van der Waals surface area contributed by atoms with E-state index in [2.05, 4.69) is 10.9 Å². The first-order chi connectivity index (χ1) is 13.6. The summed E-state index contributed by atoms with van der Waals surface area (Å²) in [7, 11) is 0. The third kappa shape index (κ3) is 3.79. The number of carbonyl (C=O) groups excluding carboxylic acids is 3. The Kier molecular flexibility index (Phi) is 5.16. The molecule has 4 rings (SSSR count). The number of hydrogen-bond acceptors (Lipinski definition) is 6. The maximum Gasteiger partial charge on any atom is 0.269 e. The van der Waals surface area contributed by atoms with E-state index in [1.807, 2.05) is 11.4 Å². The minimum atomic E-state index is -0.433. The lowest BCUT2D eigenvalue weighted by Crippen LogP contribution is -2.48. The number of nitrogens with one attached hydrogen (secondary N) is 2. The number of thiophene rings is 1. The zero-order valence-corrected chi connectivity index (χ0v) is 15.8. The van der Waals surface area contributed by atoms with Gasteiger partial charge in [-0.1, -0.05) is 6.07 Å². The molecule has 0 spiro atoms. The van der Waals surface area contributed by atoms with Crippen LogP contribution in [0.1, 0.15) is 32.9 Å². The highest BCUT2D eigenvalue weighted by Gasteiger charge is 2.28. The van der Waals surface area contributed by atoms with Gasteiger partial charge in [-0.05, 0) is 42.5 Å². The molecule has 146 valence electrons. The second-order valence-corrected chi connectivity index (χ2v) is 7.50. The van der Waals surface area contributed by atoms with Gasteiger partial charge >= 0.3 is 0 Å². The molecular formula is C19H19N3O5S. The molecule has 0 bridgehead atoms. The van der Waals surface area contributed by atoms with E-state index in [1.54, 1.807) is 29.2 Å². The van der Waals surface area contributed by atoms with Crippen molar-refractivity contribution in [1.82, 2.24) is 15.8 Å². The number of benzene rings is 1. The summed E-state index contributed by atoms with van der Waals surface area (Å²) < 4.78 is 10.5. The highest BCUT2D eigenvalue weighted by molar-refractivity contribution is 7.12. The predicted molar refractivity (Wildman–Crippen MR) is 101 cm³/mol. The highest BCUT2D eigenvalue weighted by Crippen LogP contribution is 2.32. The van der Waals surface area contributed by atoms with Gasteiger partial charge in [0, 0.05) is 24.6 Å². The van der Waals surface area contributed by atoms with Crippen LogP contribution in [0, 0.1) is 5.92 Å². The summed E-state index contributed by atoms with van der Waals surface area (Å²) in [4.78, 5) is 39.4. The van der Waals surface area contributed by atoms with E-state index in [0.29, 0.717) is 47.9 Å². The molecule has 2 aliphatic heterocycles. The van der Waals surface area contributed by atoms with Crippen molar-refractivity contribution in [2.45, 2.75) is 12.8 Å². The van der Waals surface area contributed by atoms with Crippen LogP contribution >= 0.6 is 11.3 Å². The molecule has 2 N–H and O–H groups in total. The number of hydrazine groups is 1. The molecule has 0 aliphatic carbocycles. The maximum atomic E-state index is 12.4. The summed E-state index contributed by atoms with van der Waals surface area (Å²) in [5.41, 5.74) is 5.27. The number of ether oxygens (including phenoxy) is 2. The van der Waals surface area contributed by atoms with Crippen LogP contribution < -0.4 is 20.3 Å². The van der Waals surface area contributed by atoms with Gasteiger partial charge in [-0.15, -0.1) is 11.3 Å². The van der Waals surface area contributed by atoms with Crippen LogP contribution in [0.15, 0.2) is 35.7 Å². The van der Waals surface area contributed by atoms with Gasteiger partial charge in [0.25, 0.3) is 11.8 Å². The summed E-state index contributed by atoms with van der Waals surface area (Å²) in [6.45, 7) is 1.17. The van der Waals surface area contributed by atoms with Crippen molar-refractivity contribution in [3.8, 4) is 11.5 Å². The van der Waals surface area contributed by atoms with Crippen molar-refractivity contribution in [2.75, 3.05) is 19.9 Å². The lowest BCUT2D eigenvalue weighted by molar-refractivity contribution is -0.127. The first-order valence-corrected chi connectivity index (χ1v) is 9.82. The fourth-order valence-electron chi connectivity index (χ4n) is 3.23. The number of fused-ring (bicyclic) bond motifs is 1. The van der Waals surface area contributed by atoms with Gasteiger partial charge in [0.05, 0.1) is 4.88 Å². The number of carbonyl (C=O) groups is 3. The summed E-state index contributed by atoms with van der Waals surface area (Å²) in [6.07, 6.45) is 1.12. The molecule has 2 aliphatic rings. The zero-order chi connectivity index (χ0) is 19.5. The van der Waals surface area contributed by atoms with Gasteiger partial charge < -0.3 is 14.4 Å². The first-order valence-electron chi connectivity index (χ1n) is 8.94. The lowest BCUT2D eigenvalue weighted by atomic mass is 9.96. The van der Waals surface area contributed by atoms with Crippen LogP contribution in [0.3, 0.4) is 0 Å². The predicted octanol–water partition coefficient (Wildman–Crippen LogP) is 1.79. The Balaban J connectivity index is 1.25. The summed E-state index contributed by atoms with van der Waals surface area (Å²) >= 11 is 1.41. The van der Waals surface area contributed by atoms with E-state index < -0.39 is 5.91 Å². The van der Waals surface area contributed by atoms with Crippen molar-refractivity contribution in [1.29, 1.82) is 0 Å². The fourth-order valence-corrected chi connectivity index (χ4v) is 3.92. The Morgan fingerprint density at radius 1 is 1.04 bits per heavy atom. The molecule has 8 nitrogen and oxygen atoms in total. The van der Waals surface area contributed by atoms with E-state index in [-0.39, 0.29) is 24.5 Å². The first kappa shape index (κ1) is 18.3. The molecule has 1 saturated heterocycles. The Hall–Kier alpha value is -3.07. The van der Waals surface area contributed by atoms with Crippen molar-refractivity contribution < 1.29 is 23.9 Å². The second-order valence-electron chi connectivity index (χ2n) is 6.56. The molecule has 0 saturated carbocycles. The third-order valence-electron chi connectivity index (χ3n) is 4.82. The number of rotatable bonds is 3. The zero-order valence-electron chi connectivity index (χ0n) is 15.0. The van der Waals surface area contributed by atoms with E-state index in [0.717, 1.165) is 0 Å². The van der Waals surface area contributed by atoms with E-state index in [9.17, 15) is 14.4 Å². The average molecular weight is 401 g/mol. The van der Waals surface area contributed by atoms with Gasteiger partial charge in [-0.2, -0.15) is 0 Å². The second kappa shape index (κ2) is 7.89. The van der Waals surface area contributed by atoms with Gasteiger partial charge in [0.2, 0.25) is 12.7 Å². The lowest BCUT2D eigenvalue weighted by Gasteiger charge is -2.31.